The zero-order valence-corrected chi connectivity index (χ0v) is 15.6. The highest BCUT2D eigenvalue weighted by atomic mass is 16.6. The van der Waals surface area contributed by atoms with Crippen molar-refractivity contribution < 1.29 is 23.9 Å². The fraction of sp³-hybridized carbons (Fsp3) is 0.200. The molecule has 0 aliphatic carbocycles. The molecule has 0 aliphatic heterocycles. The second-order valence-electron chi connectivity index (χ2n) is 5.85. The zero-order valence-electron chi connectivity index (χ0n) is 15.6. The number of aromatic nitrogens is 1. The smallest absolute Gasteiger partial charge is 0.345 e. The van der Waals surface area contributed by atoms with E-state index in [1.807, 2.05) is 6.92 Å². The van der Waals surface area contributed by atoms with Crippen molar-refractivity contribution in [1.82, 2.24) is 4.98 Å². The summed E-state index contributed by atoms with van der Waals surface area (Å²) in [4.78, 5) is 27.7. The van der Waals surface area contributed by atoms with Crippen molar-refractivity contribution in [3.8, 4) is 17.4 Å². The standard InChI is InChI=1S/C20H18N2O6/c1-4-27-17-10-14-12(2)21-19(28-20(23)13-8-6-5-7-9-13)18(22(24)25)15(14)11-16(17)26-3/h5-11H,4H2,1-3H3. The monoisotopic (exact) mass is 382 g/mol. The number of benzene rings is 2. The normalized spacial score (nSPS) is 10.5. The predicted molar refractivity (Wildman–Crippen MR) is 102 cm³/mol. The molecule has 28 heavy (non-hydrogen) atoms. The van der Waals surface area contributed by atoms with Gasteiger partial charge in [-0.25, -0.2) is 9.78 Å². The van der Waals surface area contributed by atoms with E-state index in [-0.39, 0.29) is 16.8 Å². The second-order valence-corrected chi connectivity index (χ2v) is 5.85. The Bertz CT molecular complexity index is 1050. The summed E-state index contributed by atoms with van der Waals surface area (Å²) >= 11 is 0. The van der Waals surface area contributed by atoms with Gasteiger partial charge in [0, 0.05) is 11.1 Å². The van der Waals surface area contributed by atoms with Gasteiger partial charge in [0.05, 0.1) is 29.6 Å². The van der Waals surface area contributed by atoms with Crippen LogP contribution in [-0.4, -0.2) is 29.6 Å². The molecular formula is C20H18N2O6. The van der Waals surface area contributed by atoms with Gasteiger partial charge in [-0.1, -0.05) is 18.2 Å². The molecule has 0 amide bonds. The first-order valence-corrected chi connectivity index (χ1v) is 8.53. The van der Waals surface area contributed by atoms with E-state index < -0.39 is 16.6 Å². The molecule has 0 unspecified atom stereocenters. The lowest BCUT2D eigenvalue weighted by Gasteiger charge is -2.13. The Morgan fingerprint density at radius 1 is 1.14 bits per heavy atom. The SMILES string of the molecule is CCOc1cc2c(C)nc(OC(=O)c3ccccc3)c([N+](=O)[O-])c2cc1OC. The molecule has 0 atom stereocenters. The van der Waals surface area contributed by atoms with Gasteiger partial charge in [-0.3, -0.25) is 10.1 Å². The Morgan fingerprint density at radius 3 is 2.43 bits per heavy atom. The van der Waals surface area contributed by atoms with E-state index >= 15 is 0 Å². The van der Waals surface area contributed by atoms with E-state index in [1.54, 1.807) is 43.3 Å². The van der Waals surface area contributed by atoms with Gasteiger partial charge in [-0.2, -0.15) is 0 Å². The molecular weight excluding hydrogens is 364 g/mol. The Kier molecular flexibility index (Phi) is 5.39. The number of ether oxygens (including phenoxy) is 3. The third kappa shape index (κ3) is 3.57. The predicted octanol–water partition coefficient (Wildman–Crippen LogP) is 4.08. The summed E-state index contributed by atoms with van der Waals surface area (Å²) in [7, 11) is 1.44. The van der Waals surface area contributed by atoms with Crippen LogP contribution in [0.3, 0.4) is 0 Å². The van der Waals surface area contributed by atoms with Crippen LogP contribution >= 0.6 is 0 Å². The number of rotatable bonds is 6. The molecule has 0 saturated carbocycles. The van der Waals surface area contributed by atoms with Gasteiger partial charge in [-0.15, -0.1) is 0 Å². The number of methoxy groups -OCH3 is 1. The lowest BCUT2D eigenvalue weighted by Crippen LogP contribution is -2.11. The molecule has 8 heteroatoms. The zero-order chi connectivity index (χ0) is 20.3. The highest BCUT2D eigenvalue weighted by molar-refractivity contribution is 5.98. The molecule has 0 spiro atoms. The van der Waals surface area contributed by atoms with Crippen molar-refractivity contribution in [1.29, 1.82) is 0 Å². The molecule has 0 bridgehead atoms. The summed E-state index contributed by atoms with van der Waals surface area (Å²) < 4.78 is 16.1. The van der Waals surface area contributed by atoms with Crippen LogP contribution in [-0.2, 0) is 0 Å². The summed E-state index contributed by atoms with van der Waals surface area (Å²) in [5.74, 6) is -0.308. The molecule has 3 rings (SSSR count). The Hall–Kier alpha value is -3.68. The molecule has 144 valence electrons. The van der Waals surface area contributed by atoms with Crippen LogP contribution in [0.1, 0.15) is 23.0 Å². The fourth-order valence-corrected chi connectivity index (χ4v) is 2.83. The van der Waals surface area contributed by atoms with Crippen molar-refractivity contribution in [3.05, 3.63) is 63.8 Å². The van der Waals surface area contributed by atoms with Crippen LogP contribution in [0.4, 0.5) is 5.69 Å². The van der Waals surface area contributed by atoms with E-state index in [0.717, 1.165) is 0 Å². The second kappa shape index (κ2) is 7.91. The molecule has 8 nitrogen and oxygen atoms in total. The molecule has 0 N–H and O–H groups in total. The number of carbonyl (C=O) groups is 1. The Morgan fingerprint density at radius 2 is 1.82 bits per heavy atom. The minimum Gasteiger partial charge on any atom is -0.493 e. The summed E-state index contributed by atoms with van der Waals surface area (Å²) in [5.41, 5.74) is 0.312. The molecule has 0 aliphatic rings. The first-order valence-electron chi connectivity index (χ1n) is 8.53. The minimum atomic E-state index is -0.729. The largest absolute Gasteiger partial charge is 0.493 e. The maximum atomic E-state index is 12.4. The van der Waals surface area contributed by atoms with Gasteiger partial charge in [-0.05, 0) is 38.1 Å². The molecule has 0 radical (unpaired) electrons. The molecule has 0 fully saturated rings. The van der Waals surface area contributed by atoms with Crippen molar-refractivity contribution in [2.45, 2.75) is 13.8 Å². The first kappa shape index (κ1) is 19.1. The topological polar surface area (TPSA) is 101 Å². The number of nitro groups is 1. The van der Waals surface area contributed by atoms with Crippen LogP contribution in [0.5, 0.6) is 17.4 Å². The van der Waals surface area contributed by atoms with E-state index in [0.29, 0.717) is 29.2 Å². The molecule has 1 aromatic heterocycles. The van der Waals surface area contributed by atoms with Crippen molar-refractivity contribution in [2.75, 3.05) is 13.7 Å². The Balaban J connectivity index is 2.18. The summed E-state index contributed by atoms with van der Waals surface area (Å²) in [5, 5.41) is 12.5. The number of nitrogens with zero attached hydrogens (tertiary/aromatic N) is 2. The van der Waals surface area contributed by atoms with Crippen LogP contribution < -0.4 is 14.2 Å². The average Bonchev–Trinajstić information content (AvgIpc) is 2.68. The first-order chi connectivity index (χ1) is 13.5. The number of esters is 1. The summed E-state index contributed by atoms with van der Waals surface area (Å²) in [6, 6.07) is 11.3. The number of aryl methyl sites for hydroxylation is 1. The van der Waals surface area contributed by atoms with Crippen LogP contribution in [0.15, 0.2) is 42.5 Å². The van der Waals surface area contributed by atoms with Gasteiger partial charge in [0.2, 0.25) is 0 Å². The molecule has 3 aromatic rings. The maximum absolute atomic E-state index is 12.4. The van der Waals surface area contributed by atoms with E-state index in [1.165, 1.54) is 13.2 Å². The van der Waals surface area contributed by atoms with Gasteiger partial charge in [0.25, 0.3) is 0 Å². The number of hydrogen-bond donors (Lipinski definition) is 0. The average molecular weight is 382 g/mol. The highest BCUT2D eigenvalue weighted by Gasteiger charge is 2.27. The number of pyridine rings is 1. The van der Waals surface area contributed by atoms with E-state index in [4.69, 9.17) is 14.2 Å². The van der Waals surface area contributed by atoms with E-state index in [9.17, 15) is 14.9 Å². The van der Waals surface area contributed by atoms with Gasteiger partial charge in [0.1, 0.15) is 0 Å². The summed E-state index contributed by atoms with van der Waals surface area (Å²) in [6.07, 6.45) is 0. The lowest BCUT2D eigenvalue weighted by atomic mass is 10.1. The van der Waals surface area contributed by atoms with Crippen molar-refractivity contribution in [3.63, 3.8) is 0 Å². The Labute approximate surface area is 160 Å². The fourth-order valence-electron chi connectivity index (χ4n) is 2.83. The minimum absolute atomic E-state index is 0.244. The number of hydrogen-bond acceptors (Lipinski definition) is 7. The van der Waals surface area contributed by atoms with Crippen LogP contribution in [0.25, 0.3) is 10.8 Å². The van der Waals surface area contributed by atoms with Gasteiger partial charge < -0.3 is 14.2 Å². The van der Waals surface area contributed by atoms with Crippen molar-refractivity contribution >= 4 is 22.4 Å². The van der Waals surface area contributed by atoms with Crippen LogP contribution in [0.2, 0.25) is 0 Å². The van der Waals surface area contributed by atoms with Gasteiger partial charge in [0.15, 0.2) is 11.5 Å². The maximum Gasteiger partial charge on any atom is 0.345 e. The quantitative estimate of drug-likeness (QED) is 0.360. The van der Waals surface area contributed by atoms with E-state index in [2.05, 4.69) is 4.98 Å². The molecule has 0 saturated heterocycles. The molecule has 1 heterocycles. The number of fused-ring (bicyclic) bond motifs is 1. The lowest BCUT2D eigenvalue weighted by molar-refractivity contribution is -0.384. The third-order valence-corrected chi connectivity index (χ3v) is 4.10. The summed E-state index contributed by atoms with van der Waals surface area (Å²) in [6.45, 7) is 3.90. The van der Waals surface area contributed by atoms with Crippen LogP contribution in [0, 0.1) is 17.0 Å². The van der Waals surface area contributed by atoms with Crippen molar-refractivity contribution in [2.24, 2.45) is 0 Å². The van der Waals surface area contributed by atoms with Gasteiger partial charge >= 0.3 is 17.5 Å². The number of carbonyl (C=O) groups excluding carboxylic acids is 1. The molecule has 2 aromatic carbocycles. The third-order valence-electron chi connectivity index (χ3n) is 4.10. The highest BCUT2D eigenvalue weighted by Crippen LogP contribution is 2.41.